The van der Waals surface area contributed by atoms with E-state index in [1.165, 1.54) is 37.9 Å². The summed E-state index contributed by atoms with van der Waals surface area (Å²) in [4.78, 5) is 4.34. The molecule has 0 saturated heterocycles. The molecule has 90 valence electrons. The van der Waals surface area contributed by atoms with Crippen LogP contribution in [0.25, 0.3) is 0 Å². The molecule has 1 aromatic heterocycles. The highest BCUT2D eigenvalue weighted by Gasteiger charge is 2.11. The van der Waals surface area contributed by atoms with Crippen LogP contribution in [0.4, 0.5) is 0 Å². The number of hydrogen-bond acceptors (Lipinski definition) is 2. The molecule has 0 aromatic carbocycles. The summed E-state index contributed by atoms with van der Waals surface area (Å²) in [5.41, 5.74) is 0. The molecule has 3 nitrogen and oxygen atoms in total. The molecule has 0 atom stereocenters. The van der Waals surface area contributed by atoms with Crippen molar-refractivity contribution in [2.75, 3.05) is 6.54 Å². The van der Waals surface area contributed by atoms with E-state index < -0.39 is 0 Å². The van der Waals surface area contributed by atoms with Crippen LogP contribution in [0.15, 0.2) is 12.4 Å². The number of rotatable bonds is 5. The number of imidazole rings is 1. The first-order chi connectivity index (χ1) is 7.90. The van der Waals surface area contributed by atoms with E-state index in [2.05, 4.69) is 28.0 Å². The van der Waals surface area contributed by atoms with Gasteiger partial charge in [-0.05, 0) is 12.8 Å². The second-order valence-electron chi connectivity index (χ2n) is 4.68. The van der Waals surface area contributed by atoms with E-state index in [1.807, 2.05) is 6.20 Å². The minimum Gasteiger partial charge on any atom is -0.334 e. The van der Waals surface area contributed by atoms with Crippen molar-refractivity contribution in [3.05, 3.63) is 18.2 Å². The Hall–Kier alpha value is -0.830. The third-order valence-corrected chi connectivity index (χ3v) is 3.51. The Bertz CT molecular complexity index is 300. The summed E-state index contributed by atoms with van der Waals surface area (Å²) >= 11 is 0. The number of nitrogens with one attached hydrogen (secondary N) is 1. The maximum absolute atomic E-state index is 4.34. The van der Waals surface area contributed by atoms with Gasteiger partial charge in [0.15, 0.2) is 0 Å². The van der Waals surface area contributed by atoms with E-state index in [0.29, 0.717) is 0 Å². The molecule has 1 N–H and O–H groups in total. The number of aryl methyl sites for hydroxylation is 1. The topological polar surface area (TPSA) is 29.9 Å². The van der Waals surface area contributed by atoms with Crippen molar-refractivity contribution >= 4 is 0 Å². The Balaban J connectivity index is 1.71. The lowest BCUT2D eigenvalue weighted by molar-refractivity contribution is 0.367. The maximum atomic E-state index is 4.34. The fourth-order valence-corrected chi connectivity index (χ4v) is 2.55. The van der Waals surface area contributed by atoms with Crippen LogP contribution in [-0.2, 0) is 13.0 Å². The first-order valence-electron chi connectivity index (χ1n) is 6.63. The number of nitrogens with zero attached hydrogens (tertiary/aromatic N) is 2. The van der Waals surface area contributed by atoms with Gasteiger partial charge in [0, 0.05) is 37.9 Å². The summed E-state index contributed by atoms with van der Waals surface area (Å²) in [6, 6.07) is 0.766. The molecule has 1 aliphatic rings. The van der Waals surface area contributed by atoms with Crippen molar-refractivity contribution in [1.29, 1.82) is 0 Å². The summed E-state index contributed by atoms with van der Waals surface area (Å²) in [5.74, 6) is 1.20. The average Bonchev–Trinajstić information content (AvgIpc) is 2.78. The summed E-state index contributed by atoms with van der Waals surface area (Å²) in [5, 5.41) is 3.66. The van der Waals surface area contributed by atoms with Crippen molar-refractivity contribution in [2.45, 2.75) is 58.0 Å². The molecular weight excluding hydrogens is 198 g/mol. The standard InChI is InChI=1S/C13H23N3/c1-2-13-15-9-11-16(13)10-8-14-12-6-4-3-5-7-12/h9,11-12,14H,2-8,10H2,1H3. The van der Waals surface area contributed by atoms with Crippen LogP contribution in [0, 0.1) is 0 Å². The Labute approximate surface area is 98.3 Å². The zero-order valence-electron chi connectivity index (χ0n) is 10.3. The van der Waals surface area contributed by atoms with E-state index in [9.17, 15) is 0 Å². The second kappa shape index (κ2) is 6.04. The Morgan fingerprint density at radius 1 is 1.38 bits per heavy atom. The maximum Gasteiger partial charge on any atom is 0.108 e. The predicted molar refractivity (Wildman–Crippen MR) is 66.5 cm³/mol. The molecule has 0 aliphatic heterocycles. The molecule has 0 bridgehead atoms. The molecule has 1 fully saturated rings. The number of aromatic nitrogens is 2. The lowest BCUT2D eigenvalue weighted by Gasteiger charge is -2.23. The Kier molecular flexibility index (Phi) is 4.40. The van der Waals surface area contributed by atoms with E-state index in [0.717, 1.165) is 25.6 Å². The average molecular weight is 221 g/mol. The molecule has 1 saturated carbocycles. The summed E-state index contributed by atoms with van der Waals surface area (Å²) in [6.07, 6.45) is 12.0. The zero-order valence-corrected chi connectivity index (χ0v) is 10.3. The fourth-order valence-electron chi connectivity index (χ4n) is 2.55. The monoisotopic (exact) mass is 221 g/mol. The third kappa shape index (κ3) is 3.08. The summed E-state index contributed by atoms with van der Waals surface area (Å²) < 4.78 is 2.26. The molecule has 0 spiro atoms. The minimum absolute atomic E-state index is 0.766. The predicted octanol–water partition coefficient (Wildman–Crippen LogP) is 2.37. The van der Waals surface area contributed by atoms with Crippen LogP contribution in [0.3, 0.4) is 0 Å². The molecule has 0 amide bonds. The van der Waals surface area contributed by atoms with Gasteiger partial charge in [-0.2, -0.15) is 0 Å². The number of hydrogen-bond donors (Lipinski definition) is 1. The lowest BCUT2D eigenvalue weighted by Crippen LogP contribution is -2.33. The third-order valence-electron chi connectivity index (χ3n) is 3.51. The molecule has 1 aliphatic carbocycles. The van der Waals surface area contributed by atoms with Gasteiger partial charge in [0.2, 0.25) is 0 Å². The molecule has 1 aromatic rings. The lowest BCUT2D eigenvalue weighted by atomic mass is 9.95. The van der Waals surface area contributed by atoms with Crippen LogP contribution in [0.2, 0.25) is 0 Å². The van der Waals surface area contributed by atoms with Crippen molar-refractivity contribution in [3.63, 3.8) is 0 Å². The molecular formula is C13H23N3. The van der Waals surface area contributed by atoms with Gasteiger partial charge < -0.3 is 9.88 Å². The van der Waals surface area contributed by atoms with Gasteiger partial charge in [-0.15, -0.1) is 0 Å². The molecule has 16 heavy (non-hydrogen) atoms. The van der Waals surface area contributed by atoms with Gasteiger partial charge in [0.1, 0.15) is 5.82 Å². The van der Waals surface area contributed by atoms with E-state index in [-0.39, 0.29) is 0 Å². The van der Waals surface area contributed by atoms with Gasteiger partial charge in [-0.3, -0.25) is 0 Å². The van der Waals surface area contributed by atoms with Gasteiger partial charge >= 0.3 is 0 Å². The van der Waals surface area contributed by atoms with E-state index in [4.69, 9.17) is 0 Å². The highest BCUT2D eigenvalue weighted by atomic mass is 15.1. The highest BCUT2D eigenvalue weighted by molar-refractivity contribution is 4.91. The summed E-state index contributed by atoms with van der Waals surface area (Å²) in [7, 11) is 0. The molecule has 0 unspecified atom stereocenters. The van der Waals surface area contributed by atoms with Gasteiger partial charge in [0.05, 0.1) is 0 Å². The van der Waals surface area contributed by atoms with Crippen LogP contribution in [0.5, 0.6) is 0 Å². The highest BCUT2D eigenvalue weighted by Crippen LogP contribution is 2.17. The van der Waals surface area contributed by atoms with Gasteiger partial charge in [0.25, 0.3) is 0 Å². The normalized spacial score (nSPS) is 17.8. The molecule has 0 radical (unpaired) electrons. The Morgan fingerprint density at radius 2 is 2.19 bits per heavy atom. The quantitative estimate of drug-likeness (QED) is 0.827. The fraction of sp³-hybridized carbons (Fsp3) is 0.769. The smallest absolute Gasteiger partial charge is 0.108 e. The van der Waals surface area contributed by atoms with Crippen molar-refractivity contribution in [2.24, 2.45) is 0 Å². The van der Waals surface area contributed by atoms with Crippen LogP contribution < -0.4 is 5.32 Å². The van der Waals surface area contributed by atoms with E-state index in [1.54, 1.807) is 0 Å². The van der Waals surface area contributed by atoms with Crippen LogP contribution >= 0.6 is 0 Å². The zero-order chi connectivity index (χ0) is 11.2. The van der Waals surface area contributed by atoms with Crippen molar-refractivity contribution < 1.29 is 0 Å². The van der Waals surface area contributed by atoms with Crippen molar-refractivity contribution in [3.8, 4) is 0 Å². The minimum atomic E-state index is 0.766. The summed E-state index contributed by atoms with van der Waals surface area (Å²) in [6.45, 7) is 4.29. The first kappa shape index (κ1) is 11.6. The first-order valence-corrected chi connectivity index (χ1v) is 6.63. The molecule has 3 heteroatoms. The largest absolute Gasteiger partial charge is 0.334 e. The second-order valence-corrected chi connectivity index (χ2v) is 4.68. The van der Waals surface area contributed by atoms with Gasteiger partial charge in [-0.1, -0.05) is 26.2 Å². The molecule has 1 heterocycles. The van der Waals surface area contributed by atoms with Crippen LogP contribution in [-0.4, -0.2) is 22.1 Å². The van der Waals surface area contributed by atoms with Gasteiger partial charge in [-0.25, -0.2) is 4.98 Å². The van der Waals surface area contributed by atoms with Crippen LogP contribution in [0.1, 0.15) is 44.9 Å². The Morgan fingerprint density at radius 3 is 2.94 bits per heavy atom. The SMILES string of the molecule is CCc1nccn1CCNC1CCCCC1. The van der Waals surface area contributed by atoms with E-state index >= 15 is 0 Å². The van der Waals surface area contributed by atoms with Crippen molar-refractivity contribution in [1.82, 2.24) is 14.9 Å². The molecule has 2 rings (SSSR count).